The van der Waals surface area contributed by atoms with E-state index in [0.29, 0.717) is 39.0 Å². The maximum atomic E-state index is 14.1. The number of nitrogens with one attached hydrogen (secondary N) is 2. The van der Waals surface area contributed by atoms with Crippen molar-refractivity contribution in [3.8, 4) is 5.75 Å². The van der Waals surface area contributed by atoms with Crippen LogP contribution in [0.3, 0.4) is 0 Å². The fourth-order valence-corrected chi connectivity index (χ4v) is 5.52. The van der Waals surface area contributed by atoms with Crippen LogP contribution in [0.1, 0.15) is 30.9 Å². The first-order valence-electron chi connectivity index (χ1n) is 12.8. The molecule has 2 aliphatic heterocycles. The zero-order valence-electron chi connectivity index (χ0n) is 21.1. The average molecular weight is 566 g/mol. The van der Waals surface area contributed by atoms with Crippen molar-refractivity contribution < 1.29 is 19.1 Å². The van der Waals surface area contributed by atoms with E-state index in [0.717, 1.165) is 37.8 Å². The van der Waals surface area contributed by atoms with Gasteiger partial charge >= 0.3 is 0 Å². The molecule has 3 aromatic carbocycles. The summed E-state index contributed by atoms with van der Waals surface area (Å²) in [5.41, 5.74) is 2.89. The summed E-state index contributed by atoms with van der Waals surface area (Å²) >= 11 is 3.56. The van der Waals surface area contributed by atoms with Crippen LogP contribution in [0.2, 0.25) is 0 Å². The van der Waals surface area contributed by atoms with Gasteiger partial charge in [0.15, 0.2) is 0 Å². The lowest BCUT2D eigenvalue weighted by Gasteiger charge is -2.32. The molecule has 37 heavy (non-hydrogen) atoms. The number of hydrogen-bond donors (Lipinski definition) is 2. The van der Waals surface area contributed by atoms with Crippen LogP contribution in [-0.4, -0.2) is 50.3 Å². The molecule has 8 heteroatoms. The summed E-state index contributed by atoms with van der Waals surface area (Å²) in [4.78, 5) is 29.1. The van der Waals surface area contributed by atoms with Crippen LogP contribution >= 0.6 is 15.9 Å². The molecule has 0 aliphatic carbocycles. The fraction of sp³-hybridized carbons (Fsp3) is 0.379. The summed E-state index contributed by atoms with van der Waals surface area (Å²) in [5, 5.41) is 8.50. The van der Waals surface area contributed by atoms with Gasteiger partial charge in [-0.25, -0.2) is 0 Å². The molecule has 0 spiro atoms. The van der Waals surface area contributed by atoms with Gasteiger partial charge in [-0.1, -0.05) is 53.2 Å². The number of ether oxygens (including phenoxy) is 2. The van der Waals surface area contributed by atoms with Crippen LogP contribution < -0.4 is 20.3 Å². The van der Waals surface area contributed by atoms with Gasteiger partial charge in [0.2, 0.25) is 11.8 Å². The second-order valence-corrected chi connectivity index (χ2v) is 10.5. The average Bonchev–Trinajstić information content (AvgIpc) is 3.00. The molecule has 2 atom stereocenters. The van der Waals surface area contributed by atoms with Crippen molar-refractivity contribution in [2.75, 3.05) is 25.2 Å². The number of amides is 2. The second kappa shape index (κ2) is 11.2. The van der Waals surface area contributed by atoms with Gasteiger partial charge in [-0.15, -0.1) is 0 Å². The summed E-state index contributed by atoms with van der Waals surface area (Å²) in [5.74, 6) is 0.463. The predicted molar refractivity (Wildman–Crippen MR) is 148 cm³/mol. The van der Waals surface area contributed by atoms with E-state index >= 15 is 0 Å². The van der Waals surface area contributed by atoms with Gasteiger partial charge in [0.1, 0.15) is 11.8 Å². The Hall–Kier alpha value is -2.94. The Balaban J connectivity index is 1.47. The topological polar surface area (TPSA) is 79.9 Å². The highest BCUT2D eigenvalue weighted by Crippen LogP contribution is 2.35. The van der Waals surface area contributed by atoms with Crippen molar-refractivity contribution >= 4 is 44.2 Å². The molecule has 2 amide bonds. The molecule has 0 saturated carbocycles. The van der Waals surface area contributed by atoms with E-state index in [1.54, 1.807) is 12.0 Å². The molecule has 2 heterocycles. The molecule has 7 nitrogen and oxygen atoms in total. The van der Waals surface area contributed by atoms with Gasteiger partial charge in [0.25, 0.3) is 0 Å². The zero-order chi connectivity index (χ0) is 25.9. The Morgan fingerprint density at radius 3 is 2.73 bits per heavy atom. The van der Waals surface area contributed by atoms with Gasteiger partial charge < -0.3 is 19.7 Å². The number of hydrogen-bond acceptors (Lipinski definition) is 5. The van der Waals surface area contributed by atoms with Gasteiger partial charge in [0.05, 0.1) is 39.0 Å². The van der Waals surface area contributed by atoms with Crippen LogP contribution in [0.5, 0.6) is 5.75 Å². The van der Waals surface area contributed by atoms with Crippen LogP contribution in [0.4, 0.5) is 5.69 Å². The summed E-state index contributed by atoms with van der Waals surface area (Å²) in [6.45, 7) is 3.52. The normalized spacial score (nSPS) is 18.6. The van der Waals surface area contributed by atoms with E-state index in [-0.39, 0.29) is 23.9 Å². The van der Waals surface area contributed by atoms with Crippen LogP contribution in [0.15, 0.2) is 59.1 Å². The summed E-state index contributed by atoms with van der Waals surface area (Å²) in [6.07, 6.45) is 1.88. The van der Waals surface area contributed by atoms with Crippen LogP contribution in [-0.2, 0) is 27.3 Å². The third-order valence-corrected chi connectivity index (χ3v) is 7.74. The van der Waals surface area contributed by atoms with Crippen molar-refractivity contribution in [3.05, 3.63) is 70.2 Å². The van der Waals surface area contributed by atoms with E-state index in [2.05, 4.69) is 38.7 Å². The molecular weight excluding hydrogens is 534 g/mol. The van der Waals surface area contributed by atoms with Gasteiger partial charge in [-0.05, 0) is 59.9 Å². The Morgan fingerprint density at radius 2 is 2.00 bits per heavy atom. The molecule has 0 bridgehead atoms. The standard InChI is InChI=1S/C29H32BrN3O4/c1-3-24(31-21-16-37-17-21)28(34)32-25-12-8-18-6-4-5-7-26(18)33(29(25)35)15-23-22-11-10-20(30)14-19(22)9-13-27(23)36-2/h4-7,9-11,13-14,21,24-25,31H,3,8,12,15-17H2,1-2H3,(H,32,34). The van der Waals surface area contributed by atoms with Gasteiger partial charge in [0, 0.05) is 15.7 Å². The molecule has 2 aliphatic rings. The van der Waals surface area contributed by atoms with Crippen LogP contribution in [0, 0.1) is 0 Å². The largest absolute Gasteiger partial charge is 0.496 e. The highest BCUT2D eigenvalue weighted by atomic mass is 79.9. The van der Waals surface area contributed by atoms with Gasteiger partial charge in [-0.3, -0.25) is 14.9 Å². The Labute approximate surface area is 225 Å². The number of para-hydroxylation sites is 1. The summed E-state index contributed by atoms with van der Waals surface area (Å²) < 4.78 is 12.0. The molecular formula is C29H32BrN3O4. The minimum atomic E-state index is -0.622. The van der Waals surface area contributed by atoms with Crippen molar-refractivity contribution in [2.45, 2.75) is 50.9 Å². The number of benzene rings is 3. The second-order valence-electron chi connectivity index (χ2n) is 9.63. The van der Waals surface area contributed by atoms with E-state index in [9.17, 15) is 9.59 Å². The summed E-state index contributed by atoms with van der Waals surface area (Å²) in [7, 11) is 1.65. The minimum Gasteiger partial charge on any atom is -0.496 e. The first kappa shape index (κ1) is 25.7. The third kappa shape index (κ3) is 5.37. The number of anilines is 1. The fourth-order valence-electron chi connectivity index (χ4n) is 5.14. The molecule has 2 N–H and O–H groups in total. The number of aryl methyl sites for hydroxylation is 1. The number of fused-ring (bicyclic) bond motifs is 2. The van der Waals surface area contributed by atoms with Gasteiger partial charge in [-0.2, -0.15) is 0 Å². The van der Waals surface area contributed by atoms with Crippen molar-refractivity contribution in [3.63, 3.8) is 0 Å². The van der Waals surface area contributed by atoms with Crippen molar-refractivity contribution in [1.82, 2.24) is 10.6 Å². The highest BCUT2D eigenvalue weighted by molar-refractivity contribution is 9.10. The smallest absolute Gasteiger partial charge is 0.249 e. The van der Waals surface area contributed by atoms with E-state index in [4.69, 9.17) is 9.47 Å². The number of halogens is 1. The lowest BCUT2D eigenvalue weighted by Crippen LogP contribution is -2.57. The van der Waals surface area contributed by atoms with Crippen LogP contribution in [0.25, 0.3) is 10.8 Å². The quantitative estimate of drug-likeness (QED) is 0.424. The van der Waals surface area contributed by atoms with Crippen molar-refractivity contribution in [2.24, 2.45) is 0 Å². The third-order valence-electron chi connectivity index (χ3n) is 7.25. The number of nitrogens with zero attached hydrogens (tertiary/aromatic N) is 1. The number of rotatable bonds is 8. The minimum absolute atomic E-state index is 0.115. The number of carbonyl (C=O) groups is 2. The van der Waals surface area contributed by atoms with E-state index in [1.807, 2.05) is 49.4 Å². The van der Waals surface area contributed by atoms with E-state index in [1.165, 1.54) is 0 Å². The molecule has 2 unspecified atom stereocenters. The SMILES string of the molecule is CCC(NC1COC1)C(=O)NC1CCc2ccccc2N(Cc2c(OC)ccc3cc(Br)ccc23)C1=O. The first-order valence-corrected chi connectivity index (χ1v) is 13.6. The Bertz CT molecular complexity index is 1310. The predicted octanol–water partition coefficient (Wildman–Crippen LogP) is 4.34. The number of methoxy groups -OCH3 is 1. The van der Waals surface area contributed by atoms with E-state index < -0.39 is 6.04 Å². The maximum Gasteiger partial charge on any atom is 0.249 e. The molecule has 1 saturated heterocycles. The monoisotopic (exact) mass is 565 g/mol. The lowest BCUT2D eigenvalue weighted by atomic mass is 10.0. The zero-order valence-corrected chi connectivity index (χ0v) is 22.7. The molecule has 3 aromatic rings. The van der Waals surface area contributed by atoms with Crippen molar-refractivity contribution in [1.29, 1.82) is 0 Å². The molecule has 0 radical (unpaired) electrons. The lowest BCUT2D eigenvalue weighted by molar-refractivity contribution is -0.129. The number of carbonyl (C=O) groups excluding carboxylic acids is 2. The molecule has 1 fully saturated rings. The molecule has 0 aromatic heterocycles. The highest BCUT2D eigenvalue weighted by Gasteiger charge is 2.34. The molecule has 194 valence electrons. The Morgan fingerprint density at radius 1 is 1.19 bits per heavy atom. The first-order chi connectivity index (χ1) is 18.0. The maximum absolute atomic E-state index is 14.1. The Kier molecular flexibility index (Phi) is 7.79. The molecule has 5 rings (SSSR count). The summed E-state index contributed by atoms with van der Waals surface area (Å²) in [6, 6.07) is 17.3.